The van der Waals surface area contributed by atoms with E-state index in [2.05, 4.69) is 37.4 Å². The van der Waals surface area contributed by atoms with Gasteiger partial charge in [-0.3, -0.25) is 0 Å². The maximum Gasteiger partial charge on any atom is 0.191 e. The molecule has 0 bridgehead atoms. The van der Waals surface area contributed by atoms with Crippen molar-refractivity contribution in [2.24, 2.45) is 0 Å². The van der Waals surface area contributed by atoms with Crippen LogP contribution >= 0.6 is 34.4 Å². The number of rotatable bonds is 1. The van der Waals surface area contributed by atoms with Crippen LogP contribution in [0.1, 0.15) is 6.04 Å². The molecule has 0 radical (unpaired) electrons. The minimum absolute atomic E-state index is 0.621. The molecule has 2 heterocycles. The summed E-state index contributed by atoms with van der Waals surface area (Å²) in [6.07, 6.45) is 1.82. The number of nitrogens with zero attached hydrogens (tertiary/aromatic N) is 3. The van der Waals surface area contributed by atoms with Crippen LogP contribution in [0.25, 0.3) is 0 Å². The zero-order valence-corrected chi connectivity index (χ0v) is 8.17. The molecule has 0 spiro atoms. The van der Waals surface area contributed by atoms with Crippen LogP contribution in [0.3, 0.4) is 0 Å². The zero-order valence-electron chi connectivity index (χ0n) is 5.20. The highest BCUT2D eigenvalue weighted by Gasteiger charge is 2.22. The Hall–Kier alpha value is 0.220. The topological polar surface area (TPSA) is 30.7 Å². The molecule has 3 nitrogen and oxygen atoms in total. The van der Waals surface area contributed by atoms with Crippen LogP contribution in [0.4, 0.5) is 0 Å². The Labute approximate surface area is 76.7 Å². The Kier molecular flexibility index (Phi) is 1.86. The van der Waals surface area contributed by atoms with Gasteiger partial charge in [0.1, 0.15) is 6.33 Å². The average Bonchev–Trinajstić information content (AvgIpc) is 2.44. The summed E-state index contributed by atoms with van der Waals surface area (Å²) < 4.78 is 3.30. The van der Waals surface area contributed by atoms with Gasteiger partial charge in [-0.25, -0.2) is 0 Å². The molecule has 0 saturated heterocycles. The van der Waals surface area contributed by atoms with E-state index in [1.165, 1.54) is 0 Å². The second kappa shape index (κ2) is 2.69. The molecule has 0 amide bonds. The van der Waals surface area contributed by atoms with E-state index >= 15 is 0 Å². The molecule has 1 atom stereocenters. The summed E-state index contributed by atoms with van der Waals surface area (Å²) in [6.45, 7) is 0. The van der Waals surface area contributed by atoms with Crippen molar-refractivity contribution in [2.45, 2.75) is 11.2 Å². The average molecular weight is 267 g/mol. The number of thioether (sulfide) groups is 1. The van der Waals surface area contributed by atoms with Crippen LogP contribution in [-0.2, 0) is 0 Å². The van der Waals surface area contributed by atoms with Gasteiger partial charge in [0, 0.05) is 10.2 Å². The van der Waals surface area contributed by atoms with Gasteiger partial charge in [-0.15, -0.1) is 10.2 Å². The van der Waals surface area contributed by atoms with Gasteiger partial charge in [0.05, 0.1) is 6.04 Å². The van der Waals surface area contributed by atoms with Crippen molar-refractivity contribution in [3.05, 3.63) is 6.33 Å². The van der Waals surface area contributed by atoms with Crippen LogP contribution in [0, 0.1) is 0 Å². The second-order valence-corrected chi connectivity index (χ2v) is 4.01. The zero-order chi connectivity index (χ0) is 6.97. The molecular formula is C5H6IN3S. The van der Waals surface area contributed by atoms with Crippen molar-refractivity contribution in [1.82, 2.24) is 14.8 Å². The Bertz CT molecular complexity index is 237. The first-order valence-electron chi connectivity index (χ1n) is 3.00. The maximum absolute atomic E-state index is 3.97. The fourth-order valence-electron chi connectivity index (χ4n) is 0.956. The minimum atomic E-state index is 0.621. The van der Waals surface area contributed by atoms with E-state index in [1.807, 2.05) is 6.33 Å². The molecule has 0 saturated carbocycles. The smallest absolute Gasteiger partial charge is 0.191 e. The molecule has 0 N–H and O–H groups in total. The molecule has 54 valence electrons. The molecule has 10 heavy (non-hydrogen) atoms. The molecule has 1 aromatic heterocycles. The normalized spacial score (nSPS) is 23.1. The Balaban J connectivity index is 2.34. The number of fused-ring (bicyclic) bond motifs is 1. The first kappa shape index (κ1) is 6.90. The molecule has 1 aromatic rings. The maximum atomic E-state index is 3.97. The predicted molar refractivity (Wildman–Crippen MR) is 48.7 cm³/mol. The van der Waals surface area contributed by atoms with Crippen molar-refractivity contribution >= 4 is 34.4 Å². The van der Waals surface area contributed by atoms with Gasteiger partial charge in [0.2, 0.25) is 0 Å². The standard InChI is InChI=1S/C5H6IN3S/c6-1-4-2-10-5-8-7-3-9(4)5/h3-4H,1-2H2/t4-/m1/s1. The summed E-state index contributed by atoms with van der Waals surface area (Å²) in [7, 11) is 0. The first-order valence-corrected chi connectivity index (χ1v) is 5.51. The lowest BCUT2D eigenvalue weighted by Gasteiger charge is -2.04. The van der Waals surface area contributed by atoms with Gasteiger partial charge in [-0.2, -0.15) is 0 Å². The van der Waals surface area contributed by atoms with E-state index in [-0.39, 0.29) is 0 Å². The molecule has 2 rings (SSSR count). The third-order valence-electron chi connectivity index (χ3n) is 1.52. The quantitative estimate of drug-likeness (QED) is 0.568. The number of aromatic nitrogens is 3. The molecule has 0 aromatic carbocycles. The second-order valence-electron chi connectivity index (χ2n) is 2.14. The fraction of sp³-hybridized carbons (Fsp3) is 0.600. The first-order chi connectivity index (χ1) is 4.92. The lowest BCUT2D eigenvalue weighted by atomic mass is 10.4. The highest BCUT2D eigenvalue weighted by molar-refractivity contribution is 14.1. The van der Waals surface area contributed by atoms with E-state index in [9.17, 15) is 0 Å². The number of alkyl halides is 1. The van der Waals surface area contributed by atoms with Gasteiger partial charge >= 0.3 is 0 Å². The van der Waals surface area contributed by atoms with E-state index < -0.39 is 0 Å². The van der Waals surface area contributed by atoms with Crippen molar-refractivity contribution in [3.8, 4) is 0 Å². The van der Waals surface area contributed by atoms with E-state index in [1.54, 1.807) is 11.8 Å². The van der Waals surface area contributed by atoms with Gasteiger partial charge < -0.3 is 4.57 Å². The van der Waals surface area contributed by atoms with Gasteiger partial charge in [-0.05, 0) is 0 Å². The van der Waals surface area contributed by atoms with Crippen LogP contribution in [0.2, 0.25) is 0 Å². The highest BCUT2D eigenvalue weighted by Crippen LogP contribution is 2.31. The number of hydrogen-bond acceptors (Lipinski definition) is 3. The SMILES string of the molecule is IC[C@@H]1CSc2nncn21. The molecular weight excluding hydrogens is 261 g/mol. The third-order valence-corrected chi connectivity index (χ3v) is 3.64. The number of halogens is 1. The summed E-state index contributed by atoms with van der Waals surface area (Å²) >= 11 is 4.19. The minimum Gasteiger partial charge on any atom is -0.304 e. The predicted octanol–water partition coefficient (Wildman–Crippen LogP) is 1.36. The summed E-state index contributed by atoms with van der Waals surface area (Å²) in [5.74, 6) is 1.16. The van der Waals surface area contributed by atoms with Crippen LogP contribution in [0.5, 0.6) is 0 Å². The van der Waals surface area contributed by atoms with Crippen molar-refractivity contribution in [3.63, 3.8) is 0 Å². The van der Waals surface area contributed by atoms with E-state index in [0.717, 1.165) is 15.3 Å². The van der Waals surface area contributed by atoms with Crippen molar-refractivity contribution in [1.29, 1.82) is 0 Å². The lowest BCUT2D eigenvalue weighted by Crippen LogP contribution is -2.05. The summed E-state index contributed by atoms with van der Waals surface area (Å²) in [6, 6.07) is 0.621. The van der Waals surface area contributed by atoms with Gasteiger partial charge in [0.25, 0.3) is 0 Å². The molecule has 0 unspecified atom stereocenters. The van der Waals surface area contributed by atoms with Crippen molar-refractivity contribution in [2.75, 3.05) is 10.2 Å². The van der Waals surface area contributed by atoms with E-state index in [4.69, 9.17) is 0 Å². The largest absolute Gasteiger partial charge is 0.304 e. The van der Waals surface area contributed by atoms with Crippen molar-refractivity contribution < 1.29 is 0 Å². The Morgan fingerprint density at radius 3 is 3.60 bits per heavy atom. The highest BCUT2D eigenvalue weighted by atomic mass is 127. The third kappa shape index (κ3) is 0.952. The molecule has 5 heteroatoms. The Morgan fingerprint density at radius 1 is 1.90 bits per heavy atom. The molecule has 0 fully saturated rings. The molecule has 0 aliphatic carbocycles. The molecule has 1 aliphatic rings. The summed E-state index contributed by atoms with van der Waals surface area (Å²) in [5.41, 5.74) is 0. The lowest BCUT2D eigenvalue weighted by molar-refractivity contribution is 0.598. The molecule has 1 aliphatic heterocycles. The summed E-state index contributed by atoms with van der Waals surface area (Å²) in [4.78, 5) is 0. The Morgan fingerprint density at radius 2 is 2.80 bits per heavy atom. The van der Waals surface area contributed by atoms with Crippen LogP contribution < -0.4 is 0 Å². The monoisotopic (exact) mass is 267 g/mol. The van der Waals surface area contributed by atoms with Gasteiger partial charge in [0.15, 0.2) is 5.16 Å². The number of hydrogen-bond donors (Lipinski definition) is 0. The van der Waals surface area contributed by atoms with Gasteiger partial charge in [-0.1, -0.05) is 34.4 Å². The fourth-order valence-corrected chi connectivity index (χ4v) is 3.18. The van der Waals surface area contributed by atoms with Crippen LogP contribution in [-0.4, -0.2) is 24.9 Å². The summed E-state index contributed by atoms with van der Waals surface area (Å²) in [5, 5.41) is 8.87. The van der Waals surface area contributed by atoms with Crippen LogP contribution in [0.15, 0.2) is 11.5 Å². The van der Waals surface area contributed by atoms with E-state index in [0.29, 0.717) is 6.04 Å².